The Balaban J connectivity index is 0.000000240. The molecule has 2 saturated carbocycles. The maximum Gasteiger partial charge on any atom is 0.303 e. The highest BCUT2D eigenvalue weighted by atomic mass is 35.5. The number of hydrogen-bond donors (Lipinski definition) is 3. The van der Waals surface area contributed by atoms with Crippen molar-refractivity contribution in [3.63, 3.8) is 0 Å². The van der Waals surface area contributed by atoms with Gasteiger partial charge in [0, 0.05) is 46.5 Å². The van der Waals surface area contributed by atoms with E-state index < -0.39 is 11.9 Å². The molecule has 0 bridgehead atoms. The number of aliphatic carboxylic acids is 2. The molecule has 4 N–H and O–H groups in total. The highest BCUT2D eigenvalue weighted by Crippen LogP contribution is 2.41. The Morgan fingerprint density at radius 3 is 1.43 bits per heavy atom. The molecule has 240 valence electrons. The fourth-order valence-electron chi connectivity index (χ4n) is 6.63. The lowest BCUT2D eigenvalue weighted by Crippen LogP contribution is -2.17. The van der Waals surface area contributed by atoms with E-state index in [1.54, 1.807) is 12.1 Å². The first-order chi connectivity index (χ1) is 20.8. The molecule has 8 heteroatoms. The second kappa shape index (κ2) is 16.2. The number of halogens is 1. The van der Waals surface area contributed by atoms with E-state index in [1.807, 2.05) is 52.0 Å². The first kappa shape index (κ1) is 35.3. The molecule has 2 aromatic carbocycles. The van der Waals surface area contributed by atoms with Gasteiger partial charge in [-0.1, -0.05) is 63.6 Å². The molecule has 0 unspecified atom stereocenters. The molecule has 0 heterocycles. The molecular weight excluding hydrogens is 578 g/mol. The third-order valence-electron chi connectivity index (χ3n) is 9.20. The highest BCUT2D eigenvalue weighted by Gasteiger charge is 2.27. The molecule has 4 rings (SSSR count). The summed E-state index contributed by atoms with van der Waals surface area (Å²) in [5, 5.41) is 18.4. The van der Waals surface area contributed by atoms with Crippen molar-refractivity contribution in [2.24, 2.45) is 23.7 Å². The van der Waals surface area contributed by atoms with Crippen LogP contribution in [0.4, 0.5) is 5.69 Å². The fraction of sp³-hybridized carbons (Fsp3) is 0.556. The van der Waals surface area contributed by atoms with Crippen LogP contribution in [-0.4, -0.2) is 33.7 Å². The molecule has 0 aromatic heterocycles. The summed E-state index contributed by atoms with van der Waals surface area (Å²) in [6, 6.07) is 11.3. The number of rotatable bonds is 10. The minimum Gasteiger partial charge on any atom is -0.481 e. The number of nitrogen functional groups attached to an aromatic ring is 1. The molecule has 0 amide bonds. The molecule has 2 fully saturated rings. The predicted octanol–water partition coefficient (Wildman–Crippen LogP) is 8.78. The number of hydrogen-bond acceptors (Lipinski definition) is 5. The lowest BCUT2D eigenvalue weighted by molar-refractivity contribution is -0.139. The highest BCUT2D eigenvalue weighted by molar-refractivity contribution is 6.31. The third-order valence-corrected chi connectivity index (χ3v) is 9.53. The number of benzene rings is 2. The van der Waals surface area contributed by atoms with Gasteiger partial charge in [-0.3, -0.25) is 19.2 Å². The molecule has 0 radical (unpaired) electrons. The number of carbonyl (C=O) groups excluding carboxylic acids is 2. The van der Waals surface area contributed by atoms with Gasteiger partial charge in [-0.15, -0.1) is 0 Å². The van der Waals surface area contributed by atoms with Crippen molar-refractivity contribution < 1.29 is 29.4 Å². The minimum absolute atomic E-state index is 0.0308. The standard InChI is InChI=1S/C18H23ClO3.C18H25NO3/c2*1-11(2)18(22)14-7-8-15(16(19)10-14)13-5-3-12(4-6-13)9-17(20)21/h7-8,10-13H,3-6,9H2,1-2H3,(H,20,21);7-8,10-13H,3-6,9,19H2,1-2H3,(H,20,21). The fourth-order valence-corrected chi connectivity index (χ4v) is 6.96. The maximum absolute atomic E-state index is 12.0. The molecule has 0 aliphatic heterocycles. The number of ketones is 2. The lowest BCUT2D eigenvalue weighted by Gasteiger charge is -2.28. The van der Waals surface area contributed by atoms with E-state index in [1.165, 1.54) is 0 Å². The molecule has 0 spiro atoms. The van der Waals surface area contributed by atoms with Crippen LogP contribution in [0, 0.1) is 23.7 Å². The molecule has 7 nitrogen and oxygen atoms in total. The van der Waals surface area contributed by atoms with E-state index >= 15 is 0 Å². The van der Waals surface area contributed by atoms with E-state index in [-0.39, 0.29) is 48.1 Å². The number of carbonyl (C=O) groups is 4. The van der Waals surface area contributed by atoms with Gasteiger partial charge < -0.3 is 15.9 Å². The third kappa shape index (κ3) is 9.91. The van der Waals surface area contributed by atoms with Crippen molar-refractivity contribution >= 4 is 40.8 Å². The van der Waals surface area contributed by atoms with Gasteiger partial charge in [-0.25, -0.2) is 0 Å². The second-order valence-electron chi connectivity index (χ2n) is 13.2. The van der Waals surface area contributed by atoms with Crippen molar-refractivity contribution in [1.82, 2.24) is 0 Å². The SMILES string of the molecule is CC(C)C(=O)c1ccc(C2CCC(CC(=O)O)CC2)c(Cl)c1.CC(C)C(=O)c1ccc(C2CCC(CC(=O)O)CC2)c(N)c1. The van der Waals surface area contributed by atoms with Gasteiger partial charge in [0.15, 0.2) is 11.6 Å². The number of carboxylic acids is 2. The largest absolute Gasteiger partial charge is 0.481 e. The summed E-state index contributed by atoms with van der Waals surface area (Å²) in [5.41, 5.74) is 10.4. The van der Waals surface area contributed by atoms with Crippen LogP contribution in [0.3, 0.4) is 0 Å². The van der Waals surface area contributed by atoms with Crippen LogP contribution in [0.1, 0.15) is 136 Å². The van der Waals surface area contributed by atoms with E-state index in [0.717, 1.165) is 62.5 Å². The first-order valence-corrected chi connectivity index (χ1v) is 16.3. The quantitative estimate of drug-likeness (QED) is 0.177. The molecular formula is C36H48ClNO6. The maximum atomic E-state index is 12.0. The molecule has 0 saturated heterocycles. The number of nitrogens with two attached hydrogens (primary N) is 1. The topological polar surface area (TPSA) is 135 Å². The summed E-state index contributed by atoms with van der Waals surface area (Å²) in [5.74, 6) is 0.0738. The molecule has 2 aliphatic rings. The average molecular weight is 626 g/mol. The summed E-state index contributed by atoms with van der Waals surface area (Å²) >= 11 is 6.39. The van der Waals surface area contributed by atoms with E-state index in [0.29, 0.717) is 33.7 Å². The Bertz CT molecular complexity index is 1220. The molecule has 0 atom stereocenters. The summed E-state index contributed by atoms with van der Waals surface area (Å²) < 4.78 is 0. The van der Waals surface area contributed by atoms with Crippen molar-refractivity contribution in [2.75, 3.05) is 5.73 Å². The summed E-state index contributed by atoms with van der Waals surface area (Å²) in [6.07, 6.45) is 8.14. The number of Topliss-reactive ketones (excluding diaryl/α,β-unsaturated/α-hetero) is 2. The van der Waals surface area contributed by atoms with Crippen molar-refractivity contribution in [3.8, 4) is 0 Å². The van der Waals surface area contributed by atoms with Gasteiger partial charge in [0.1, 0.15) is 0 Å². The van der Waals surface area contributed by atoms with Gasteiger partial charge in [-0.2, -0.15) is 0 Å². The van der Waals surface area contributed by atoms with Crippen LogP contribution >= 0.6 is 11.6 Å². The van der Waals surface area contributed by atoms with Crippen LogP contribution in [0.5, 0.6) is 0 Å². The van der Waals surface area contributed by atoms with Gasteiger partial charge in [0.2, 0.25) is 0 Å². The van der Waals surface area contributed by atoms with E-state index in [4.69, 9.17) is 27.5 Å². The van der Waals surface area contributed by atoms with Gasteiger partial charge >= 0.3 is 11.9 Å². The van der Waals surface area contributed by atoms with Gasteiger partial charge in [0.25, 0.3) is 0 Å². The zero-order valence-electron chi connectivity index (χ0n) is 26.5. The second-order valence-corrected chi connectivity index (χ2v) is 13.7. The van der Waals surface area contributed by atoms with Crippen molar-refractivity contribution in [3.05, 3.63) is 63.7 Å². The van der Waals surface area contributed by atoms with Gasteiger partial charge in [0.05, 0.1) is 0 Å². The molecule has 2 aliphatic carbocycles. The Morgan fingerprint density at radius 1 is 0.682 bits per heavy atom. The molecule has 2 aromatic rings. The number of carboxylic acid groups (broad SMARTS) is 2. The smallest absolute Gasteiger partial charge is 0.303 e. The monoisotopic (exact) mass is 625 g/mol. The van der Waals surface area contributed by atoms with E-state index in [9.17, 15) is 19.2 Å². The van der Waals surface area contributed by atoms with Crippen molar-refractivity contribution in [2.45, 2.75) is 104 Å². The summed E-state index contributed by atoms with van der Waals surface area (Å²) in [7, 11) is 0. The zero-order valence-corrected chi connectivity index (χ0v) is 27.2. The zero-order chi connectivity index (χ0) is 32.6. The summed E-state index contributed by atoms with van der Waals surface area (Å²) in [6.45, 7) is 7.54. The van der Waals surface area contributed by atoms with Gasteiger partial charge in [-0.05, 0) is 98.3 Å². The summed E-state index contributed by atoms with van der Waals surface area (Å²) in [4.78, 5) is 45.6. The molecule has 44 heavy (non-hydrogen) atoms. The average Bonchev–Trinajstić information content (AvgIpc) is 2.97. The van der Waals surface area contributed by atoms with Crippen LogP contribution in [0.15, 0.2) is 36.4 Å². The Morgan fingerprint density at radius 2 is 1.07 bits per heavy atom. The van der Waals surface area contributed by atoms with Crippen molar-refractivity contribution in [1.29, 1.82) is 0 Å². The minimum atomic E-state index is -0.710. The van der Waals surface area contributed by atoms with Crippen LogP contribution < -0.4 is 5.73 Å². The normalized spacial score (nSPS) is 21.8. The van der Waals surface area contributed by atoms with Crippen LogP contribution in [0.2, 0.25) is 5.02 Å². The predicted molar refractivity (Wildman–Crippen MR) is 175 cm³/mol. The van der Waals surface area contributed by atoms with Crippen LogP contribution in [0.25, 0.3) is 0 Å². The Kier molecular flexibility index (Phi) is 13.0. The van der Waals surface area contributed by atoms with E-state index in [2.05, 4.69) is 0 Å². The Hall–Kier alpha value is -3.19. The first-order valence-electron chi connectivity index (χ1n) is 16.0. The lowest BCUT2D eigenvalue weighted by atomic mass is 9.77. The number of anilines is 1. The van der Waals surface area contributed by atoms with Crippen LogP contribution in [-0.2, 0) is 9.59 Å². The Labute approximate surface area is 266 Å².